The van der Waals surface area contributed by atoms with E-state index < -0.39 is 29.2 Å². The summed E-state index contributed by atoms with van der Waals surface area (Å²) >= 11 is 2.50. The number of pyridine rings is 1. The molecule has 2 atom stereocenters. The Morgan fingerprint density at radius 2 is 2.22 bits per heavy atom. The molecule has 14 heteroatoms. The van der Waals surface area contributed by atoms with Gasteiger partial charge < -0.3 is 25.8 Å². The number of carboxylic acids is 1. The molecule has 3 aromatic heterocycles. The number of aliphatic carboxylic acids is 1. The highest BCUT2D eigenvalue weighted by Gasteiger charge is 2.53. The van der Waals surface area contributed by atoms with Gasteiger partial charge in [0.05, 0.1) is 17.9 Å². The summed E-state index contributed by atoms with van der Waals surface area (Å²) in [7, 11) is 1.28. The topological polar surface area (TPSA) is 159 Å². The van der Waals surface area contributed by atoms with E-state index in [4.69, 9.17) is 10.6 Å². The fourth-order valence-corrected chi connectivity index (χ4v) is 6.21. The molecule has 36 heavy (non-hydrogen) atoms. The third-order valence-electron chi connectivity index (χ3n) is 5.93. The van der Waals surface area contributed by atoms with E-state index >= 15 is 0 Å². The number of carbonyl (C=O) groups is 3. The predicted molar refractivity (Wildman–Crippen MR) is 129 cm³/mol. The number of aromatic nitrogens is 3. The first-order valence-corrected chi connectivity index (χ1v) is 12.7. The second kappa shape index (κ2) is 9.28. The van der Waals surface area contributed by atoms with E-state index in [1.807, 2.05) is 46.5 Å². The van der Waals surface area contributed by atoms with Crippen LogP contribution < -0.4 is 20.6 Å². The number of thiazole rings is 1. The number of hydrogen-bond acceptors (Lipinski definition) is 10. The number of nitrogen functional groups attached to an aromatic ring is 1. The van der Waals surface area contributed by atoms with Gasteiger partial charge in [0.2, 0.25) is 0 Å². The van der Waals surface area contributed by atoms with E-state index in [2.05, 4.69) is 15.5 Å². The van der Waals surface area contributed by atoms with Gasteiger partial charge in [0.1, 0.15) is 42.7 Å². The van der Waals surface area contributed by atoms with Crippen molar-refractivity contribution in [2.45, 2.75) is 24.9 Å². The second-order valence-corrected chi connectivity index (χ2v) is 10.1. The third kappa shape index (κ3) is 3.97. The molecule has 5 heterocycles. The van der Waals surface area contributed by atoms with Crippen molar-refractivity contribution in [1.82, 2.24) is 19.8 Å². The Morgan fingerprint density at radius 3 is 2.92 bits per heavy atom. The number of hydrogen-bond donors (Lipinski definition) is 2. The molecular formula is C22H21N7O5S2. The number of fused-ring (bicyclic) bond motifs is 2. The minimum Gasteiger partial charge on any atom is -0.543 e. The lowest BCUT2D eigenvalue weighted by Crippen LogP contribution is -2.71. The summed E-state index contributed by atoms with van der Waals surface area (Å²) in [6, 6.07) is 4.79. The summed E-state index contributed by atoms with van der Waals surface area (Å²) < 4.78 is 3.93. The molecule has 0 aliphatic carbocycles. The molecule has 0 unspecified atom stereocenters. The van der Waals surface area contributed by atoms with Gasteiger partial charge in [-0.2, -0.15) is 0 Å². The van der Waals surface area contributed by atoms with Crippen molar-refractivity contribution in [2.75, 3.05) is 18.6 Å². The summed E-state index contributed by atoms with van der Waals surface area (Å²) in [4.78, 5) is 48.1. The van der Waals surface area contributed by atoms with Crippen LogP contribution in [0.4, 0.5) is 5.13 Å². The van der Waals surface area contributed by atoms with Crippen LogP contribution in [0.3, 0.4) is 0 Å². The Labute approximate surface area is 213 Å². The van der Waals surface area contributed by atoms with Gasteiger partial charge in [0.25, 0.3) is 17.5 Å². The summed E-state index contributed by atoms with van der Waals surface area (Å²) in [5.74, 6) is -2.32. The van der Waals surface area contributed by atoms with Crippen LogP contribution >= 0.6 is 23.1 Å². The number of amides is 2. The van der Waals surface area contributed by atoms with Gasteiger partial charge in [-0.3, -0.25) is 14.5 Å². The number of nitrogens with one attached hydrogen (secondary N) is 1. The van der Waals surface area contributed by atoms with Gasteiger partial charge in [-0.05, 0) is 6.07 Å². The van der Waals surface area contributed by atoms with Crippen LogP contribution in [0.5, 0.6) is 0 Å². The fourth-order valence-electron chi connectivity index (χ4n) is 4.33. The number of carboxylic acid groups (broad SMARTS) is 1. The van der Waals surface area contributed by atoms with Gasteiger partial charge in [0, 0.05) is 29.7 Å². The molecule has 3 aromatic rings. The van der Waals surface area contributed by atoms with Crippen LogP contribution in [0.25, 0.3) is 5.65 Å². The van der Waals surface area contributed by atoms with Gasteiger partial charge >= 0.3 is 0 Å². The number of rotatable bonds is 7. The van der Waals surface area contributed by atoms with Crippen molar-refractivity contribution >= 4 is 57.4 Å². The number of aryl methyl sites for hydroxylation is 1. The van der Waals surface area contributed by atoms with E-state index in [0.29, 0.717) is 11.3 Å². The number of carbonyl (C=O) groups excluding carboxylic acids is 3. The maximum absolute atomic E-state index is 13.1. The molecule has 12 nitrogen and oxygen atoms in total. The Balaban J connectivity index is 1.39. The molecule has 0 spiro atoms. The largest absolute Gasteiger partial charge is 0.543 e. The lowest BCUT2D eigenvalue weighted by molar-refractivity contribution is -0.510. The molecule has 2 amide bonds. The fraction of sp³-hybridized carbons (Fsp3) is 0.273. The number of thioether (sulfide) groups is 1. The summed E-state index contributed by atoms with van der Waals surface area (Å²) in [5.41, 5.74) is 7.95. The zero-order chi connectivity index (χ0) is 25.6. The minimum atomic E-state index is -1.44. The van der Waals surface area contributed by atoms with Gasteiger partial charge in [0.15, 0.2) is 10.8 Å². The maximum atomic E-state index is 13.1. The monoisotopic (exact) mass is 527 g/mol. The van der Waals surface area contributed by atoms with E-state index in [1.165, 1.54) is 23.8 Å². The first-order chi connectivity index (χ1) is 17.3. The smallest absolute Gasteiger partial charge is 0.286 e. The second-order valence-electron chi connectivity index (χ2n) is 8.12. The van der Waals surface area contributed by atoms with Crippen molar-refractivity contribution in [3.05, 3.63) is 58.6 Å². The quantitative estimate of drug-likeness (QED) is 0.172. The predicted octanol–water partition coefficient (Wildman–Crippen LogP) is -0.971. The number of oxime groups is 1. The van der Waals surface area contributed by atoms with E-state index in [-0.39, 0.29) is 28.8 Å². The zero-order valence-electron chi connectivity index (χ0n) is 19.2. The SMILES string of the molecule is CO/N=C(\C(=O)N[C@@H]1C(=O)N2C(C(=O)[O-])=C(Cn3c(C)c[n+]4ccccc34)CS[C@H]12)c1csc(N)n1. The zero-order valence-corrected chi connectivity index (χ0v) is 20.8. The molecule has 0 bridgehead atoms. The van der Waals surface area contributed by atoms with Crippen molar-refractivity contribution < 1.29 is 28.7 Å². The van der Waals surface area contributed by atoms with Crippen molar-refractivity contribution in [3.8, 4) is 0 Å². The van der Waals surface area contributed by atoms with Crippen molar-refractivity contribution in [3.63, 3.8) is 0 Å². The number of nitrogens with zero attached hydrogens (tertiary/aromatic N) is 5. The molecule has 1 saturated heterocycles. The molecule has 3 N–H and O–H groups in total. The lowest BCUT2D eigenvalue weighted by atomic mass is 10.0. The van der Waals surface area contributed by atoms with Crippen LogP contribution in [0.2, 0.25) is 0 Å². The normalized spacial score (nSPS) is 19.8. The van der Waals surface area contributed by atoms with Gasteiger partial charge in [-0.25, -0.2) is 14.0 Å². The van der Waals surface area contributed by atoms with Crippen molar-refractivity contribution in [2.24, 2.45) is 5.16 Å². The molecular weight excluding hydrogens is 506 g/mol. The Morgan fingerprint density at radius 1 is 1.42 bits per heavy atom. The molecule has 2 aliphatic rings. The van der Waals surface area contributed by atoms with Crippen LogP contribution in [0.15, 0.2) is 52.4 Å². The first kappa shape index (κ1) is 23.8. The average Bonchev–Trinajstić information content (AvgIpc) is 3.42. The summed E-state index contributed by atoms with van der Waals surface area (Å²) in [5, 5.41) is 19.7. The van der Waals surface area contributed by atoms with Crippen LogP contribution in [-0.4, -0.2) is 62.2 Å². The van der Waals surface area contributed by atoms with Gasteiger partial charge in [-0.15, -0.1) is 23.1 Å². The van der Waals surface area contributed by atoms with Crippen LogP contribution in [-0.2, 0) is 25.8 Å². The minimum absolute atomic E-state index is 0.138. The Hall–Kier alpha value is -3.91. The van der Waals surface area contributed by atoms with E-state index in [1.54, 1.807) is 5.38 Å². The van der Waals surface area contributed by atoms with E-state index in [0.717, 1.165) is 22.7 Å². The van der Waals surface area contributed by atoms with Gasteiger partial charge in [-0.1, -0.05) is 11.2 Å². The molecule has 186 valence electrons. The van der Waals surface area contributed by atoms with Crippen molar-refractivity contribution in [1.29, 1.82) is 0 Å². The van der Waals surface area contributed by atoms with E-state index in [9.17, 15) is 19.5 Å². The number of nitrogens with two attached hydrogens (primary N) is 1. The molecule has 5 rings (SSSR count). The molecule has 2 aliphatic heterocycles. The number of imidazole rings is 1. The molecule has 1 fully saturated rings. The first-order valence-electron chi connectivity index (χ1n) is 10.8. The Kier molecular flexibility index (Phi) is 6.14. The maximum Gasteiger partial charge on any atom is 0.286 e. The molecule has 0 radical (unpaired) electrons. The number of β-lactam (4-membered cyclic amide) rings is 1. The third-order valence-corrected chi connectivity index (χ3v) is 7.95. The highest BCUT2D eigenvalue weighted by molar-refractivity contribution is 8.00. The Bertz CT molecular complexity index is 1460. The highest BCUT2D eigenvalue weighted by atomic mass is 32.2. The lowest BCUT2D eigenvalue weighted by Gasteiger charge is -2.50. The number of anilines is 1. The summed E-state index contributed by atoms with van der Waals surface area (Å²) in [6.45, 7) is 2.21. The summed E-state index contributed by atoms with van der Waals surface area (Å²) in [6.07, 6.45) is 3.86. The highest BCUT2D eigenvalue weighted by Crippen LogP contribution is 2.40. The van der Waals surface area contributed by atoms with Crippen LogP contribution in [0.1, 0.15) is 11.4 Å². The van der Waals surface area contributed by atoms with Crippen LogP contribution in [0, 0.1) is 6.92 Å². The molecule has 0 aromatic carbocycles. The molecule has 0 saturated carbocycles. The average molecular weight is 528 g/mol. The standard InChI is InChI=1S/C22H21N7O5S2/c1-11-7-27-6-4-3-5-14(27)28(11)8-12-9-35-20-16(19(31)29(20)17(12)21(32)33)25-18(30)15(26-34-2)13-10-36-22(23)24-13/h3-7,10,16,20H,8-9H2,1-2H3,(H3-,23,24,25,30,32,33)/b26-15-/t16-,20-/m1/s1.